The van der Waals surface area contributed by atoms with Crippen LogP contribution in [0.3, 0.4) is 0 Å². The van der Waals surface area contributed by atoms with Crippen molar-refractivity contribution in [3.8, 4) is 0 Å². The fourth-order valence-corrected chi connectivity index (χ4v) is 3.01. The van der Waals surface area contributed by atoms with E-state index in [-0.39, 0.29) is 5.78 Å². The zero-order chi connectivity index (χ0) is 13.0. The highest BCUT2D eigenvalue weighted by atomic mass is 32.1. The van der Waals surface area contributed by atoms with Crippen molar-refractivity contribution in [2.24, 2.45) is 0 Å². The normalized spacial score (nSPS) is 10.6. The molecular formula is C16H18OS. The molecule has 0 bridgehead atoms. The van der Waals surface area contributed by atoms with E-state index in [0.717, 1.165) is 35.3 Å². The van der Waals surface area contributed by atoms with E-state index in [1.807, 2.05) is 23.6 Å². The number of carbonyl (C=O) groups is 1. The third-order valence-corrected chi connectivity index (χ3v) is 4.04. The lowest BCUT2D eigenvalue weighted by Crippen LogP contribution is -2.01. The van der Waals surface area contributed by atoms with Crippen LogP contribution in [0.15, 0.2) is 35.7 Å². The largest absolute Gasteiger partial charge is 0.288 e. The van der Waals surface area contributed by atoms with Crippen molar-refractivity contribution in [1.82, 2.24) is 0 Å². The molecule has 0 radical (unpaired) electrons. The first-order chi connectivity index (χ1) is 8.76. The summed E-state index contributed by atoms with van der Waals surface area (Å²) in [7, 11) is 0. The van der Waals surface area contributed by atoms with Gasteiger partial charge < -0.3 is 0 Å². The minimum atomic E-state index is 0.157. The Hall–Kier alpha value is -1.41. The van der Waals surface area contributed by atoms with Crippen LogP contribution < -0.4 is 0 Å². The van der Waals surface area contributed by atoms with Crippen molar-refractivity contribution >= 4 is 17.1 Å². The van der Waals surface area contributed by atoms with E-state index in [2.05, 4.69) is 26.0 Å². The molecule has 0 fully saturated rings. The maximum absolute atomic E-state index is 12.4. The second-order valence-corrected chi connectivity index (χ2v) is 5.32. The number of rotatable bonds is 5. The third-order valence-electron chi connectivity index (χ3n) is 3.09. The number of hydrogen-bond donors (Lipinski definition) is 0. The molecule has 0 saturated carbocycles. The maximum atomic E-state index is 12.4. The highest BCUT2D eigenvalue weighted by Gasteiger charge is 2.13. The summed E-state index contributed by atoms with van der Waals surface area (Å²) in [5.41, 5.74) is 3.26. The number of carbonyl (C=O) groups excluding carboxylic acids is 1. The molecule has 1 nitrogen and oxygen atoms in total. The molecule has 2 heteroatoms. The van der Waals surface area contributed by atoms with Crippen LogP contribution >= 0.6 is 11.3 Å². The summed E-state index contributed by atoms with van der Waals surface area (Å²) >= 11 is 1.54. The van der Waals surface area contributed by atoms with E-state index >= 15 is 0 Å². The SMILES string of the molecule is CCCc1ccc(C(=O)c2sccc2CC)cc1. The Labute approximate surface area is 112 Å². The first kappa shape index (κ1) is 13.0. The van der Waals surface area contributed by atoms with Gasteiger partial charge in [-0.1, -0.05) is 44.5 Å². The van der Waals surface area contributed by atoms with E-state index < -0.39 is 0 Å². The molecule has 1 aromatic heterocycles. The van der Waals surface area contributed by atoms with Crippen LogP contribution in [0, 0.1) is 0 Å². The summed E-state index contributed by atoms with van der Waals surface area (Å²) in [5, 5.41) is 2.00. The van der Waals surface area contributed by atoms with Crippen LogP contribution in [-0.4, -0.2) is 5.78 Å². The van der Waals surface area contributed by atoms with Crippen LogP contribution in [-0.2, 0) is 12.8 Å². The van der Waals surface area contributed by atoms with Crippen LogP contribution in [0.5, 0.6) is 0 Å². The third kappa shape index (κ3) is 2.70. The number of ketones is 1. The molecule has 1 heterocycles. The molecule has 18 heavy (non-hydrogen) atoms. The molecule has 0 unspecified atom stereocenters. The summed E-state index contributed by atoms with van der Waals surface area (Å²) in [6, 6.07) is 10.1. The van der Waals surface area contributed by atoms with Gasteiger partial charge in [0.05, 0.1) is 4.88 Å². The number of benzene rings is 1. The molecule has 0 amide bonds. The van der Waals surface area contributed by atoms with E-state index in [1.165, 1.54) is 5.56 Å². The molecule has 1 aromatic carbocycles. The molecule has 0 atom stereocenters. The van der Waals surface area contributed by atoms with Crippen molar-refractivity contribution < 1.29 is 4.79 Å². The fourth-order valence-electron chi connectivity index (χ4n) is 2.06. The van der Waals surface area contributed by atoms with Crippen molar-refractivity contribution in [1.29, 1.82) is 0 Å². The Balaban J connectivity index is 2.23. The molecule has 0 aliphatic rings. The standard InChI is InChI=1S/C16H18OS/c1-3-5-12-6-8-14(9-7-12)15(17)16-13(4-2)10-11-18-16/h6-11H,3-5H2,1-2H3. The van der Waals surface area contributed by atoms with Gasteiger partial charge in [0.1, 0.15) is 0 Å². The van der Waals surface area contributed by atoms with Gasteiger partial charge in [0.2, 0.25) is 5.78 Å². The zero-order valence-electron chi connectivity index (χ0n) is 10.9. The Kier molecular flexibility index (Phi) is 4.32. The summed E-state index contributed by atoms with van der Waals surface area (Å²) in [4.78, 5) is 13.3. The Morgan fingerprint density at radius 2 is 1.83 bits per heavy atom. The predicted octanol–water partition coefficient (Wildman–Crippen LogP) is 4.49. The Bertz CT molecular complexity index is 522. The van der Waals surface area contributed by atoms with Crippen LogP contribution in [0.2, 0.25) is 0 Å². The van der Waals surface area contributed by atoms with Gasteiger partial charge in [-0.3, -0.25) is 4.79 Å². The molecule has 2 aromatic rings. The smallest absolute Gasteiger partial charge is 0.203 e. The van der Waals surface area contributed by atoms with Crippen molar-refractivity contribution in [2.45, 2.75) is 33.1 Å². The zero-order valence-corrected chi connectivity index (χ0v) is 11.7. The van der Waals surface area contributed by atoms with E-state index in [4.69, 9.17) is 0 Å². The van der Waals surface area contributed by atoms with Gasteiger partial charge in [0.25, 0.3) is 0 Å². The quantitative estimate of drug-likeness (QED) is 0.722. The molecule has 0 N–H and O–H groups in total. The minimum absolute atomic E-state index is 0.157. The molecule has 0 saturated heterocycles. The highest BCUT2D eigenvalue weighted by molar-refractivity contribution is 7.12. The summed E-state index contributed by atoms with van der Waals surface area (Å²) in [5.74, 6) is 0.157. The van der Waals surface area contributed by atoms with Gasteiger partial charge in [-0.25, -0.2) is 0 Å². The van der Waals surface area contributed by atoms with E-state index in [9.17, 15) is 4.79 Å². The average molecular weight is 258 g/mol. The maximum Gasteiger partial charge on any atom is 0.203 e. The Morgan fingerprint density at radius 3 is 2.44 bits per heavy atom. The lowest BCUT2D eigenvalue weighted by molar-refractivity contribution is 0.104. The van der Waals surface area contributed by atoms with Crippen molar-refractivity contribution in [3.63, 3.8) is 0 Å². The monoisotopic (exact) mass is 258 g/mol. The molecule has 0 spiro atoms. The molecule has 0 aliphatic heterocycles. The fraction of sp³-hybridized carbons (Fsp3) is 0.312. The summed E-state index contributed by atoms with van der Waals surface area (Å²) < 4.78 is 0. The molecule has 0 aliphatic carbocycles. The van der Waals surface area contributed by atoms with Crippen molar-refractivity contribution in [3.05, 3.63) is 57.3 Å². The highest BCUT2D eigenvalue weighted by Crippen LogP contribution is 2.21. The van der Waals surface area contributed by atoms with Gasteiger partial charge in [0, 0.05) is 5.56 Å². The predicted molar refractivity (Wildman–Crippen MR) is 77.6 cm³/mol. The van der Waals surface area contributed by atoms with Gasteiger partial charge in [-0.15, -0.1) is 11.3 Å². The second kappa shape index (κ2) is 5.96. The molecule has 94 valence electrons. The summed E-state index contributed by atoms with van der Waals surface area (Å²) in [6.07, 6.45) is 3.13. The Morgan fingerprint density at radius 1 is 1.11 bits per heavy atom. The molecular weight excluding hydrogens is 240 g/mol. The van der Waals surface area contributed by atoms with Gasteiger partial charge in [-0.2, -0.15) is 0 Å². The number of hydrogen-bond acceptors (Lipinski definition) is 2. The minimum Gasteiger partial charge on any atom is -0.288 e. The van der Waals surface area contributed by atoms with Gasteiger partial charge in [0.15, 0.2) is 0 Å². The topological polar surface area (TPSA) is 17.1 Å². The first-order valence-corrected chi connectivity index (χ1v) is 7.34. The number of thiophene rings is 1. The van der Waals surface area contributed by atoms with E-state index in [0.29, 0.717) is 0 Å². The lowest BCUT2D eigenvalue weighted by atomic mass is 10.0. The second-order valence-electron chi connectivity index (χ2n) is 4.40. The van der Waals surface area contributed by atoms with Crippen molar-refractivity contribution in [2.75, 3.05) is 0 Å². The lowest BCUT2D eigenvalue weighted by Gasteiger charge is -2.03. The van der Waals surface area contributed by atoms with E-state index in [1.54, 1.807) is 11.3 Å². The van der Waals surface area contributed by atoms with Gasteiger partial charge in [-0.05, 0) is 35.4 Å². The average Bonchev–Trinajstić information content (AvgIpc) is 2.87. The van der Waals surface area contributed by atoms with Crippen LogP contribution in [0.25, 0.3) is 0 Å². The van der Waals surface area contributed by atoms with Crippen LogP contribution in [0.1, 0.15) is 46.6 Å². The van der Waals surface area contributed by atoms with Crippen LogP contribution in [0.4, 0.5) is 0 Å². The number of aryl methyl sites for hydroxylation is 2. The van der Waals surface area contributed by atoms with Gasteiger partial charge >= 0.3 is 0 Å². The summed E-state index contributed by atoms with van der Waals surface area (Å²) in [6.45, 7) is 4.25. The molecule has 2 rings (SSSR count). The first-order valence-electron chi connectivity index (χ1n) is 6.46.